The lowest BCUT2D eigenvalue weighted by Gasteiger charge is -2.32. The lowest BCUT2D eigenvalue weighted by Crippen LogP contribution is -2.30. The Bertz CT molecular complexity index is 427. The van der Waals surface area contributed by atoms with Crippen molar-refractivity contribution >= 4 is 17.3 Å². The van der Waals surface area contributed by atoms with Crippen molar-refractivity contribution < 1.29 is 9.90 Å². The summed E-state index contributed by atoms with van der Waals surface area (Å²) in [6.07, 6.45) is 3.84. The van der Waals surface area contributed by atoms with Crippen molar-refractivity contribution in [1.29, 1.82) is 0 Å². The fourth-order valence-electron chi connectivity index (χ4n) is 2.23. The number of hydrogen-bond donors (Lipinski definition) is 2. The predicted molar refractivity (Wildman–Crippen MR) is 68.4 cm³/mol. The molecule has 92 valence electrons. The number of para-hydroxylation sites is 1. The second-order valence-electron chi connectivity index (χ2n) is 4.72. The fourth-order valence-corrected chi connectivity index (χ4v) is 2.23. The van der Waals surface area contributed by atoms with Crippen molar-refractivity contribution in [2.75, 3.05) is 24.2 Å². The number of carbonyl (C=O) groups is 1. The summed E-state index contributed by atoms with van der Waals surface area (Å²) in [5.41, 5.74) is 7.26. The number of nitrogens with zero attached hydrogens (tertiary/aromatic N) is 1. The molecule has 17 heavy (non-hydrogen) atoms. The van der Waals surface area contributed by atoms with Crippen molar-refractivity contribution in [2.45, 2.75) is 19.3 Å². The van der Waals surface area contributed by atoms with Crippen LogP contribution in [-0.4, -0.2) is 24.7 Å². The molecular formula is C13H18N2O2. The average Bonchev–Trinajstić information content (AvgIpc) is 2.23. The minimum absolute atomic E-state index is 0.183. The molecule has 0 heterocycles. The van der Waals surface area contributed by atoms with Gasteiger partial charge in [0.1, 0.15) is 0 Å². The smallest absolute Gasteiger partial charge is 0.337 e. The molecule has 0 unspecified atom stereocenters. The zero-order chi connectivity index (χ0) is 12.4. The molecule has 1 aromatic carbocycles. The maximum atomic E-state index is 11.0. The van der Waals surface area contributed by atoms with Crippen molar-refractivity contribution in [3.63, 3.8) is 0 Å². The summed E-state index contributed by atoms with van der Waals surface area (Å²) in [6.45, 7) is 0.952. The number of carboxylic acids is 1. The zero-order valence-corrected chi connectivity index (χ0v) is 10.0. The van der Waals surface area contributed by atoms with E-state index in [9.17, 15) is 4.79 Å². The van der Waals surface area contributed by atoms with Gasteiger partial charge in [0, 0.05) is 13.6 Å². The van der Waals surface area contributed by atoms with Crippen LogP contribution in [0.4, 0.5) is 11.4 Å². The topological polar surface area (TPSA) is 66.6 Å². The largest absolute Gasteiger partial charge is 0.478 e. The van der Waals surface area contributed by atoms with Crippen LogP contribution < -0.4 is 10.6 Å². The molecule has 4 nitrogen and oxygen atoms in total. The Kier molecular flexibility index (Phi) is 3.22. The quantitative estimate of drug-likeness (QED) is 0.784. The van der Waals surface area contributed by atoms with E-state index in [4.69, 9.17) is 10.8 Å². The molecule has 0 spiro atoms. The Balaban J connectivity index is 2.18. The highest BCUT2D eigenvalue weighted by Crippen LogP contribution is 2.31. The Morgan fingerprint density at radius 1 is 1.53 bits per heavy atom. The zero-order valence-electron chi connectivity index (χ0n) is 10.0. The molecule has 4 heteroatoms. The van der Waals surface area contributed by atoms with Gasteiger partial charge in [0.15, 0.2) is 0 Å². The first-order valence-corrected chi connectivity index (χ1v) is 5.92. The molecule has 0 radical (unpaired) electrons. The predicted octanol–water partition coefficient (Wildman–Crippen LogP) is 2.20. The van der Waals surface area contributed by atoms with E-state index in [1.165, 1.54) is 19.3 Å². The van der Waals surface area contributed by atoms with Gasteiger partial charge in [0.25, 0.3) is 0 Å². The van der Waals surface area contributed by atoms with Crippen molar-refractivity contribution in [2.24, 2.45) is 5.92 Å². The maximum absolute atomic E-state index is 11.0. The molecule has 1 aromatic rings. The molecule has 0 saturated heterocycles. The Morgan fingerprint density at radius 2 is 2.24 bits per heavy atom. The van der Waals surface area contributed by atoms with E-state index in [1.54, 1.807) is 12.1 Å². The summed E-state index contributed by atoms with van der Waals surface area (Å²) < 4.78 is 0. The van der Waals surface area contributed by atoms with E-state index < -0.39 is 5.97 Å². The number of aromatic carboxylic acids is 1. The van der Waals surface area contributed by atoms with Crippen molar-refractivity contribution in [1.82, 2.24) is 0 Å². The minimum atomic E-state index is -0.971. The van der Waals surface area contributed by atoms with E-state index in [0.29, 0.717) is 5.69 Å². The average molecular weight is 234 g/mol. The van der Waals surface area contributed by atoms with Gasteiger partial charge < -0.3 is 15.7 Å². The first-order valence-electron chi connectivity index (χ1n) is 5.92. The van der Waals surface area contributed by atoms with Gasteiger partial charge in [0.2, 0.25) is 0 Å². The van der Waals surface area contributed by atoms with Gasteiger partial charge in [-0.1, -0.05) is 12.5 Å². The second-order valence-corrected chi connectivity index (χ2v) is 4.72. The third-order valence-electron chi connectivity index (χ3n) is 3.48. The number of anilines is 2. The fraction of sp³-hybridized carbons (Fsp3) is 0.462. The minimum Gasteiger partial charge on any atom is -0.478 e. The van der Waals surface area contributed by atoms with Crippen LogP contribution in [0.25, 0.3) is 0 Å². The SMILES string of the molecule is CN(CC1CCC1)c1cccc(C(=O)O)c1N. The number of rotatable bonds is 4. The van der Waals surface area contributed by atoms with Crippen LogP contribution in [0.2, 0.25) is 0 Å². The summed E-state index contributed by atoms with van der Waals surface area (Å²) >= 11 is 0. The highest BCUT2D eigenvalue weighted by Gasteiger charge is 2.21. The molecule has 0 atom stereocenters. The van der Waals surface area contributed by atoms with Crippen LogP contribution in [0.5, 0.6) is 0 Å². The molecule has 0 aliphatic heterocycles. The van der Waals surface area contributed by atoms with E-state index in [2.05, 4.69) is 4.90 Å². The molecule has 3 N–H and O–H groups in total. The Morgan fingerprint density at radius 3 is 2.76 bits per heavy atom. The number of carboxylic acid groups (broad SMARTS) is 1. The number of nitrogen functional groups attached to an aromatic ring is 1. The van der Waals surface area contributed by atoms with Gasteiger partial charge in [-0.05, 0) is 30.9 Å². The second kappa shape index (κ2) is 4.65. The van der Waals surface area contributed by atoms with Gasteiger partial charge in [0.05, 0.1) is 16.9 Å². The number of nitrogens with two attached hydrogens (primary N) is 1. The normalized spacial score (nSPS) is 15.4. The third-order valence-corrected chi connectivity index (χ3v) is 3.48. The maximum Gasteiger partial charge on any atom is 0.337 e. The lowest BCUT2D eigenvalue weighted by atomic mass is 9.85. The number of hydrogen-bond acceptors (Lipinski definition) is 3. The number of benzene rings is 1. The van der Waals surface area contributed by atoms with Gasteiger partial charge >= 0.3 is 5.97 Å². The van der Waals surface area contributed by atoms with Crippen LogP contribution in [0.15, 0.2) is 18.2 Å². The first-order chi connectivity index (χ1) is 8.09. The van der Waals surface area contributed by atoms with E-state index in [0.717, 1.165) is 18.2 Å². The van der Waals surface area contributed by atoms with Gasteiger partial charge in [-0.25, -0.2) is 4.79 Å². The van der Waals surface area contributed by atoms with E-state index in [-0.39, 0.29) is 5.56 Å². The standard InChI is InChI=1S/C13H18N2O2/c1-15(8-9-4-2-5-9)11-7-3-6-10(12(11)14)13(16)17/h3,6-7,9H,2,4-5,8,14H2,1H3,(H,16,17). The molecule has 1 saturated carbocycles. The van der Waals surface area contributed by atoms with Crippen LogP contribution >= 0.6 is 0 Å². The molecule has 2 rings (SSSR count). The first kappa shape index (κ1) is 11.8. The van der Waals surface area contributed by atoms with Crippen LogP contribution in [0.3, 0.4) is 0 Å². The van der Waals surface area contributed by atoms with Crippen LogP contribution in [-0.2, 0) is 0 Å². The molecule has 1 aliphatic rings. The summed E-state index contributed by atoms with van der Waals surface area (Å²) in [5, 5.41) is 9.01. The molecule has 1 fully saturated rings. The summed E-state index contributed by atoms with van der Waals surface area (Å²) in [7, 11) is 1.97. The van der Waals surface area contributed by atoms with E-state index in [1.807, 2.05) is 13.1 Å². The molecule has 1 aliphatic carbocycles. The highest BCUT2D eigenvalue weighted by atomic mass is 16.4. The summed E-state index contributed by atoms with van der Waals surface area (Å²) in [5.74, 6) is -0.241. The highest BCUT2D eigenvalue weighted by molar-refractivity contribution is 5.97. The van der Waals surface area contributed by atoms with Crippen LogP contribution in [0, 0.1) is 5.92 Å². The third kappa shape index (κ3) is 2.35. The van der Waals surface area contributed by atoms with Gasteiger partial charge in [-0.2, -0.15) is 0 Å². The lowest BCUT2D eigenvalue weighted by molar-refractivity contribution is 0.0698. The molecule has 0 amide bonds. The molecular weight excluding hydrogens is 216 g/mol. The molecule has 0 aromatic heterocycles. The van der Waals surface area contributed by atoms with Crippen molar-refractivity contribution in [3.05, 3.63) is 23.8 Å². The van der Waals surface area contributed by atoms with E-state index >= 15 is 0 Å². The van der Waals surface area contributed by atoms with Crippen molar-refractivity contribution in [3.8, 4) is 0 Å². The van der Waals surface area contributed by atoms with Gasteiger partial charge in [-0.3, -0.25) is 0 Å². The monoisotopic (exact) mass is 234 g/mol. The molecule has 0 bridgehead atoms. The summed E-state index contributed by atoms with van der Waals surface area (Å²) in [4.78, 5) is 13.0. The Labute approximate surface area is 101 Å². The van der Waals surface area contributed by atoms with Crippen LogP contribution in [0.1, 0.15) is 29.6 Å². The van der Waals surface area contributed by atoms with Gasteiger partial charge in [-0.15, -0.1) is 0 Å². The summed E-state index contributed by atoms with van der Waals surface area (Å²) in [6, 6.07) is 5.16. The Hall–Kier alpha value is -1.71.